The topological polar surface area (TPSA) is 230 Å². The number of hydrogen-bond donors (Lipinski definition) is 4. The van der Waals surface area contributed by atoms with Crippen molar-refractivity contribution in [1.29, 1.82) is 0 Å². The molecule has 0 fully saturated rings. The first-order valence-corrected chi connectivity index (χ1v) is 42.9. The summed E-state index contributed by atoms with van der Waals surface area (Å²) in [5, 5.41) is 8.61. The van der Waals surface area contributed by atoms with Crippen LogP contribution < -0.4 is 9.80 Å². The smallest absolute Gasteiger partial charge is 0.264 e. The summed E-state index contributed by atoms with van der Waals surface area (Å²) in [6, 6.07) is 50.3. The Kier molecular flexibility index (Phi) is 22.1. The summed E-state index contributed by atoms with van der Waals surface area (Å²) in [7, 11) is -16.8. The second kappa shape index (κ2) is 30.5. The van der Waals surface area contributed by atoms with E-state index in [1.165, 1.54) is 0 Å². The van der Waals surface area contributed by atoms with Gasteiger partial charge < -0.3 is 9.80 Å². The molecule has 4 aliphatic rings. The summed E-state index contributed by atoms with van der Waals surface area (Å²) in [6.07, 6.45) is 28.1. The zero-order valence-electron chi connectivity index (χ0n) is 61.6. The van der Waals surface area contributed by atoms with Crippen LogP contribution in [0.25, 0.3) is 43.1 Å². The van der Waals surface area contributed by atoms with Crippen LogP contribution in [0, 0.1) is 0 Å². The molecule has 0 atom stereocenters. The highest BCUT2D eigenvalue weighted by atomic mass is 32.2. The Bertz CT molecular complexity index is 5290. The van der Waals surface area contributed by atoms with Crippen molar-refractivity contribution in [3.05, 3.63) is 263 Å². The Morgan fingerprint density at radius 2 is 0.679 bits per heavy atom. The third kappa shape index (κ3) is 16.4. The van der Waals surface area contributed by atoms with Gasteiger partial charge in [-0.3, -0.25) is 18.2 Å². The van der Waals surface area contributed by atoms with E-state index in [0.29, 0.717) is 51.9 Å². The maximum absolute atomic E-state index is 12.2. The summed E-state index contributed by atoms with van der Waals surface area (Å²) in [5.74, 6) is -1.45. The van der Waals surface area contributed by atoms with Crippen LogP contribution in [0.1, 0.15) is 129 Å². The van der Waals surface area contributed by atoms with Gasteiger partial charge in [0, 0.05) is 82.8 Å². The number of rotatable bonds is 29. The molecule has 0 amide bonds. The molecule has 0 unspecified atom stereocenters. The van der Waals surface area contributed by atoms with Gasteiger partial charge in [-0.05, 0) is 157 Å². The van der Waals surface area contributed by atoms with Crippen LogP contribution in [0.15, 0.2) is 241 Å². The van der Waals surface area contributed by atoms with E-state index in [1.54, 1.807) is 0 Å². The van der Waals surface area contributed by atoms with Gasteiger partial charge in [0.2, 0.25) is 11.4 Å². The van der Waals surface area contributed by atoms with Gasteiger partial charge in [0.25, 0.3) is 40.5 Å². The van der Waals surface area contributed by atoms with Crippen LogP contribution in [0.3, 0.4) is 0 Å². The molecule has 12 rings (SSSR count). The number of nitrogens with zero attached hydrogens (tertiary/aromatic N) is 4. The van der Waals surface area contributed by atoms with Crippen molar-refractivity contribution in [2.24, 2.45) is 0 Å². The minimum absolute atomic E-state index is 0.236. The molecule has 106 heavy (non-hydrogen) atoms. The first-order valence-electron chi connectivity index (χ1n) is 36.5. The number of unbranched alkanes of at least 4 members (excludes halogenated alkanes) is 4. The van der Waals surface area contributed by atoms with Crippen molar-refractivity contribution >= 4 is 118 Å². The second-order valence-electron chi connectivity index (χ2n) is 30.4. The summed E-state index contributed by atoms with van der Waals surface area (Å²) in [4.78, 5) is 4.55. The Balaban J connectivity index is 1.07. The normalized spacial score (nSPS) is 18.2. The monoisotopic (exact) mass is 1500 g/mol. The average Bonchev–Trinajstić information content (AvgIpc) is 1.59. The van der Waals surface area contributed by atoms with E-state index in [-0.39, 0.29) is 48.7 Å². The van der Waals surface area contributed by atoms with Gasteiger partial charge in [0.1, 0.15) is 13.1 Å². The van der Waals surface area contributed by atoms with Gasteiger partial charge in [-0.25, -0.2) is 0 Å². The van der Waals surface area contributed by atoms with Crippen LogP contribution in [0.5, 0.6) is 0 Å². The largest absolute Gasteiger partial charge is 0.344 e. The van der Waals surface area contributed by atoms with Crippen LogP contribution in [0.2, 0.25) is 0 Å². The molecule has 0 saturated carbocycles. The first kappa shape index (κ1) is 76.9. The van der Waals surface area contributed by atoms with Crippen LogP contribution in [-0.4, -0.2) is 122 Å². The van der Waals surface area contributed by atoms with E-state index in [1.807, 2.05) is 72.8 Å². The molecular weight excluding hydrogens is 1410 g/mol. The van der Waals surface area contributed by atoms with E-state index in [4.69, 9.17) is 0 Å². The highest BCUT2D eigenvalue weighted by molar-refractivity contribution is 7.86. The standard InChI is InChI=1S/C86H94N4O12S4/c1-83(2)71-47-41-65-33-11-17-37-69(65)81(71)89(55-23-27-59-105(97,98)99)75(83)39-19-13-29-61(45-51-77-85(5,6)79-67-35-15-9-31-63(67)43-49-73(79)87(77)53-21-25-57-103(91,92)93)62(46-52-78-86(7,8)80-68-36-16-10-32-64(68)44-50-74(80)88(78)54-22-26-58-104(94,95)96)30-14-20-40-76-84(3,4)72-48-42-66-34-12-18-38-70(66)82(72)90(76)56-24-28-60-106(100,101)102/h9-20,29-52H,21-28,53-60H2,1-8H3,(H2-2,91,92,93,94,95,96,97,98,99,100,101,102)/p+2. The SMILES string of the molecule is CC1(C)C(/C=C/C=C/C(=C/C=C2\N(CCCCS(=O)(=O)O)c3ccc4ccccc4c3C2(C)C)C(=C\C=C2/N(CCCCS(=O)(=O)O)c3ccc4ccccc4c3C2(C)C)/C=C/C=C/C2=[N+](CCCCS(=O)(=O)O)c3c(ccc4ccccc34)C2(C)C)=[N+](CCCCS(=O)(=O)O)c2c1ccc1ccccc21. The predicted molar refractivity (Wildman–Crippen MR) is 434 cm³/mol. The number of hydrogen-bond acceptors (Lipinski definition) is 10. The Morgan fingerprint density at radius 3 is 1.03 bits per heavy atom. The van der Waals surface area contributed by atoms with Crippen LogP contribution in [-0.2, 0) is 62.1 Å². The molecule has 0 spiro atoms. The molecule has 0 saturated heterocycles. The molecule has 8 aromatic carbocycles. The van der Waals surface area contributed by atoms with E-state index in [9.17, 15) is 51.9 Å². The molecule has 0 bridgehead atoms. The van der Waals surface area contributed by atoms with Gasteiger partial charge in [0.15, 0.2) is 11.4 Å². The summed E-state index contributed by atoms with van der Waals surface area (Å²) in [5.41, 5.74) is 11.9. The Morgan fingerprint density at radius 1 is 0.368 bits per heavy atom. The van der Waals surface area contributed by atoms with E-state index in [2.05, 4.69) is 220 Å². The molecule has 0 aliphatic carbocycles. The quantitative estimate of drug-likeness (QED) is 0.0148. The van der Waals surface area contributed by atoms with Gasteiger partial charge in [0.05, 0.1) is 44.6 Å². The third-order valence-corrected chi connectivity index (χ3v) is 24.9. The fraction of sp³-hybridized carbons (Fsp3) is 0.326. The summed E-state index contributed by atoms with van der Waals surface area (Å²) >= 11 is 0. The lowest BCUT2D eigenvalue weighted by molar-refractivity contribution is -0.436. The van der Waals surface area contributed by atoms with Crippen LogP contribution in [0.4, 0.5) is 22.7 Å². The summed E-state index contributed by atoms with van der Waals surface area (Å²) < 4.78 is 141. The number of anilines is 2. The molecule has 20 heteroatoms. The fourth-order valence-corrected chi connectivity index (χ4v) is 18.8. The highest BCUT2D eigenvalue weighted by Gasteiger charge is 2.48. The zero-order chi connectivity index (χ0) is 75.8. The zero-order valence-corrected chi connectivity index (χ0v) is 64.8. The van der Waals surface area contributed by atoms with E-state index in [0.717, 1.165) is 122 Å². The molecule has 4 heterocycles. The van der Waals surface area contributed by atoms with Gasteiger partial charge in [-0.15, -0.1) is 0 Å². The van der Waals surface area contributed by atoms with Gasteiger partial charge in [-0.1, -0.05) is 198 Å². The lowest BCUT2D eigenvalue weighted by Crippen LogP contribution is -2.28. The lowest BCUT2D eigenvalue weighted by atomic mass is 9.80. The molecule has 4 N–H and O–H groups in total. The molecule has 4 aliphatic heterocycles. The number of allylic oxidation sites excluding steroid dienone is 16. The van der Waals surface area contributed by atoms with Crippen molar-refractivity contribution < 1.29 is 61.0 Å². The van der Waals surface area contributed by atoms with Gasteiger partial charge >= 0.3 is 0 Å². The van der Waals surface area contributed by atoms with Crippen molar-refractivity contribution in [1.82, 2.24) is 0 Å². The van der Waals surface area contributed by atoms with Crippen molar-refractivity contribution in [2.45, 2.75) is 128 Å². The number of benzene rings is 8. The van der Waals surface area contributed by atoms with E-state index >= 15 is 0 Å². The first-order chi connectivity index (χ1) is 50.2. The van der Waals surface area contributed by atoms with Crippen molar-refractivity contribution in [3.63, 3.8) is 0 Å². The third-order valence-electron chi connectivity index (χ3n) is 21.7. The van der Waals surface area contributed by atoms with Crippen molar-refractivity contribution in [2.75, 3.05) is 59.0 Å². The number of fused-ring (bicyclic) bond motifs is 12. The fourth-order valence-electron chi connectivity index (χ4n) is 16.6. The summed E-state index contributed by atoms with van der Waals surface area (Å²) in [6.45, 7) is 19.5. The second-order valence-corrected chi connectivity index (χ2v) is 36.6. The van der Waals surface area contributed by atoms with E-state index < -0.39 is 62.1 Å². The highest BCUT2D eigenvalue weighted by Crippen LogP contribution is 2.53. The Hall–Kier alpha value is -8.70. The average molecular weight is 1510 g/mol. The molecule has 0 aromatic heterocycles. The lowest BCUT2D eigenvalue weighted by Gasteiger charge is -2.27. The maximum Gasteiger partial charge on any atom is 0.264 e. The molecular formula is C86H96N4O12S4+2. The minimum Gasteiger partial charge on any atom is -0.344 e. The molecule has 0 radical (unpaired) electrons. The molecule has 8 aromatic rings. The molecule has 16 nitrogen and oxygen atoms in total. The van der Waals surface area contributed by atoms with Crippen LogP contribution >= 0.6 is 0 Å². The Labute approximate surface area is 625 Å². The van der Waals surface area contributed by atoms with Crippen molar-refractivity contribution in [3.8, 4) is 0 Å². The van der Waals surface area contributed by atoms with Gasteiger partial charge in [-0.2, -0.15) is 42.8 Å². The maximum atomic E-state index is 12.2. The predicted octanol–water partition coefficient (Wildman–Crippen LogP) is 17.9. The minimum atomic E-state index is -4.22. The molecule has 554 valence electrons.